The Kier molecular flexibility index (Phi) is 4.73. The Bertz CT molecular complexity index is 1020. The molecule has 0 saturated carbocycles. The van der Waals surface area contributed by atoms with Crippen molar-refractivity contribution in [1.29, 1.82) is 0 Å². The molecule has 0 amide bonds. The summed E-state index contributed by atoms with van der Waals surface area (Å²) in [6.07, 6.45) is 3.06. The van der Waals surface area contributed by atoms with Gasteiger partial charge in [-0.05, 0) is 30.4 Å². The summed E-state index contributed by atoms with van der Waals surface area (Å²) in [5.74, 6) is 0.119. The quantitative estimate of drug-likeness (QED) is 0.460. The normalized spacial score (nSPS) is 11.0. The lowest BCUT2D eigenvalue weighted by Crippen LogP contribution is -2.00. The summed E-state index contributed by atoms with van der Waals surface area (Å²) in [5.41, 5.74) is 3.75. The number of carbonyl (C=O) groups excluding carboxylic acids is 1. The van der Waals surface area contributed by atoms with Crippen LogP contribution in [0.5, 0.6) is 0 Å². The molecule has 0 aliphatic heterocycles. The van der Waals surface area contributed by atoms with Crippen LogP contribution in [0.15, 0.2) is 53.4 Å². The van der Waals surface area contributed by atoms with Crippen LogP contribution in [0.1, 0.15) is 27.3 Å². The first-order valence-corrected chi connectivity index (χ1v) is 9.96. The Labute approximate surface area is 159 Å². The van der Waals surface area contributed by atoms with Crippen LogP contribution in [0.3, 0.4) is 0 Å². The Balaban J connectivity index is 1.51. The van der Waals surface area contributed by atoms with E-state index >= 15 is 0 Å². The minimum absolute atomic E-state index is 0.119. The molecule has 0 fully saturated rings. The van der Waals surface area contributed by atoms with Crippen molar-refractivity contribution >= 4 is 28.5 Å². The third kappa shape index (κ3) is 3.49. The van der Waals surface area contributed by atoms with Crippen LogP contribution in [0.25, 0.3) is 16.4 Å². The van der Waals surface area contributed by atoms with E-state index in [0.717, 1.165) is 23.4 Å². The molecule has 0 N–H and O–H groups in total. The summed E-state index contributed by atoms with van der Waals surface area (Å²) < 4.78 is 1.64. The molecular formula is C19H16N4OS2. The van der Waals surface area contributed by atoms with E-state index in [1.807, 2.05) is 60.3 Å². The number of hydrogen-bond donors (Lipinski definition) is 0. The molecule has 5 nitrogen and oxygen atoms in total. The molecule has 0 radical (unpaired) electrons. The number of rotatable bonds is 6. The summed E-state index contributed by atoms with van der Waals surface area (Å²) in [6.45, 7) is 1.87. The zero-order chi connectivity index (χ0) is 17.9. The van der Waals surface area contributed by atoms with E-state index < -0.39 is 0 Å². The molecule has 3 heterocycles. The van der Waals surface area contributed by atoms with Crippen molar-refractivity contribution in [3.8, 4) is 16.4 Å². The largest absolute Gasteiger partial charge is 0.293 e. The van der Waals surface area contributed by atoms with Crippen LogP contribution in [-0.2, 0) is 6.42 Å². The average Bonchev–Trinajstić information content (AvgIpc) is 3.40. The van der Waals surface area contributed by atoms with Crippen molar-refractivity contribution in [2.75, 3.05) is 0 Å². The maximum Gasteiger partial charge on any atom is 0.212 e. The number of carbonyl (C=O) groups is 1. The number of aromatic nitrogens is 4. The molecule has 1 aromatic carbocycles. The first-order valence-electron chi connectivity index (χ1n) is 8.20. The molecule has 4 aromatic rings. The lowest BCUT2D eigenvalue weighted by Gasteiger charge is -2.00. The minimum Gasteiger partial charge on any atom is -0.293 e. The number of thiophene rings is 1. The number of thiazole rings is 1. The van der Waals surface area contributed by atoms with Crippen LogP contribution in [0, 0.1) is 6.92 Å². The van der Waals surface area contributed by atoms with Gasteiger partial charge in [-0.3, -0.25) is 4.79 Å². The van der Waals surface area contributed by atoms with Gasteiger partial charge in [0.15, 0.2) is 5.78 Å². The van der Waals surface area contributed by atoms with E-state index in [4.69, 9.17) is 0 Å². The summed E-state index contributed by atoms with van der Waals surface area (Å²) in [6, 6.07) is 12.1. The predicted octanol–water partition coefficient (Wildman–Crippen LogP) is 4.58. The summed E-state index contributed by atoms with van der Waals surface area (Å²) >= 11 is 2.99. The number of hydrogen-bond acceptors (Lipinski definition) is 6. The Hall–Kier alpha value is -2.64. The smallest absolute Gasteiger partial charge is 0.212 e. The van der Waals surface area contributed by atoms with Gasteiger partial charge in [0.05, 0.1) is 16.8 Å². The summed E-state index contributed by atoms with van der Waals surface area (Å²) in [4.78, 5) is 17.8. The van der Waals surface area contributed by atoms with Crippen LogP contribution < -0.4 is 0 Å². The fourth-order valence-electron chi connectivity index (χ4n) is 2.65. The topological polar surface area (TPSA) is 60.7 Å². The highest BCUT2D eigenvalue weighted by Gasteiger charge is 2.17. The van der Waals surface area contributed by atoms with E-state index in [9.17, 15) is 4.79 Å². The molecular weight excluding hydrogens is 364 g/mol. The van der Waals surface area contributed by atoms with Crippen LogP contribution in [0.2, 0.25) is 0 Å². The fourth-order valence-corrected chi connectivity index (χ4v) is 4.26. The van der Waals surface area contributed by atoms with Gasteiger partial charge in [-0.15, -0.1) is 5.10 Å². The molecule has 4 rings (SSSR count). The molecule has 0 aliphatic carbocycles. The maximum atomic E-state index is 12.6. The second-order valence-electron chi connectivity index (χ2n) is 5.88. The molecule has 0 bridgehead atoms. The van der Waals surface area contributed by atoms with Gasteiger partial charge in [0.1, 0.15) is 5.69 Å². The predicted molar refractivity (Wildman–Crippen MR) is 104 cm³/mol. The SMILES string of the molecule is Cc1nc(-n2cc(-c3ccsc3)nn2)sc1C(=O)CCc1ccccc1. The number of ketones is 1. The summed E-state index contributed by atoms with van der Waals surface area (Å²) in [7, 11) is 0. The first-order chi connectivity index (χ1) is 12.7. The molecule has 0 saturated heterocycles. The third-order valence-electron chi connectivity index (χ3n) is 4.03. The van der Waals surface area contributed by atoms with Crippen molar-refractivity contribution in [3.63, 3.8) is 0 Å². The summed E-state index contributed by atoms with van der Waals surface area (Å²) in [5, 5.41) is 13.1. The highest BCUT2D eigenvalue weighted by molar-refractivity contribution is 7.16. The molecule has 26 heavy (non-hydrogen) atoms. The number of benzene rings is 1. The Morgan fingerprint density at radius 1 is 1.19 bits per heavy atom. The minimum atomic E-state index is 0.119. The molecule has 0 spiro atoms. The van der Waals surface area contributed by atoms with Crippen LogP contribution in [0.4, 0.5) is 0 Å². The Morgan fingerprint density at radius 3 is 2.81 bits per heavy atom. The van der Waals surface area contributed by atoms with Crippen molar-refractivity contribution < 1.29 is 4.79 Å². The first kappa shape index (κ1) is 16.8. The van der Waals surface area contributed by atoms with Gasteiger partial charge in [-0.1, -0.05) is 46.9 Å². The molecule has 130 valence electrons. The zero-order valence-corrected chi connectivity index (χ0v) is 15.8. The van der Waals surface area contributed by atoms with Crippen LogP contribution >= 0.6 is 22.7 Å². The lowest BCUT2D eigenvalue weighted by atomic mass is 10.1. The lowest BCUT2D eigenvalue weighted by molar-refractivity contribution is 0.0986. The zero-order valence-electron chi connectivity index (χ0n) is 14.1. The van der Waals surface area contributed by atoms with Gasteiger partial charge in [-0.25, -0.2) is 4.98 Å². The second-order valence-corrected chi connectivity index (χ2v) is 7.64. The molecule has 0 unspecified atom stereocenters. The van der Waals surface area contributed by atoms with Gasteiger partial charge in [0.2, 0.25) is 5.13 Å². The van der Waals surface area contributed by atoms with Crippen molar-refractivity contribution in [2.24, 2.45) is 0 Å². The molecule has 0 aliphatic rings. The van der Waals surface area contributed by atoms with E-state index in [1.54, 1.807) is 16.0 Å². The van der Waals surface area contributed by atoms with Crippen molar-refractivity contribution in [2.45, 2.75) is 19.8 Å². The number of Topliss-reactive ketones (excluding diaryl/α,β-unsaturated/α-hetero) is 1. The van der Waals surface area contributed by atoms with E-state index in [-0.39, 0.29) is 5.78 Å². The number of aryl methyl sites for hydroxylation is 2. The van der Waals surface area contributed by atoms with Crippen molar-refractivity contribution in [3.05, 3.63) is 69.5 Å². The molecule has 7 heteroatoms. The van der Waals surface area contributed by atoms with E-state index in [1.165, 1.54) is 16.9 Å². The Morgan fingerprint density at radius 2 is 2.04 bits per heavy atom. The van der Waals surface area contributed by atoms with Gasteiger partial charge in [0, 0.05) is 17.4 Å². The van der Waals surface area contributed by atoms with Gasteiger partial charge in [0.25, 0.3) is 0 Å². The fraction of sp³-hybridized carbons (Fsp3) is 0.158. The molecule has 0 atom stereocenters. The standard InChI is InChI=1S/C19H16N4OS2/c1-13-18(17(24)8-7-14-5-3-2-4-6-14)26-19(20-13)23-11-16(21-22-23)15-9-10-25-12-15/h2-6,9-12H,7-8H2,1H3. The van der Waals surface area contributed by atoms with Gasteiger partial charge in [-0.2, -0.15) is 16.0 Å². The van der Waals surface area contributed by atoms with Gasteiger partial charge < -0.3 is 0 Å². The highest BCUT2D eigenvalue weighted by Crippen LogP contribution is 2.25. The highest BCUT2D eigenvalue weighted by atomic mass is 32.1. The second kappa shape index (κ2) is 7.31. The number of nitrogens with zero attached hydrogens (tertiary/aromatic N) is 4. The monoisotopic (exact) mass is 380 g/mol. The van der Waals surface area contributed by atoms with Gasteiger partial charge >= 0.3 is 0 Å². The maximum absolute atomic E-state index is 12.6. The average molecular weight is 380 g/mol. The van der Waals surface area contributed by atoms with Crippen LogP contribution in [-0.4, -0.2) is 25.8 Å². The van der Waals surface area contributed by atoms with E-state index in [2.05, 4.69) is 15.3 Å². The van der Waals surface area contributed by atoms with Crippen molar-refractivity contribution in [1.82, 2.24) is 20.0 Å². The molecule has 3 aromatic heterocycles. The third-order valence-corrected chi connectivity index (χ3v) is 5.90. The van der Waals surface area contributed by atoms with E-state index in [0.29, 0.717) is 16.4 Å².